The van der Waals surface area contributed by atoms with Crippen molar-refractivity contribution in [2.45, 2.75) is 25.1 Å². The fraction of sp³-hybridized carbons (Fsp3) is 0.385. The number of methoxy groups -OCH3 is 1. The molecule has 4 nitrogen and oxygen atoms in total. The third-order valence-corrected chi connectivity index (χ3v) is 2.72. The Morgan fingerprint density at radius 3 is 1.95 bits per heavy atom. The van der Waals surface area contributed by atoms with Crippen LogP contribution in [0.1, 0.15) is 24.5 Å². The topological polar surface area (TPSA) is 63.6 Å². The van der Waals surface area contributed by atoms with Gasteiger partial charge in [0.05, 0.1) is 12.7 Å². The zero-order valence-electron chi connectivity index (χ0n) is 10.8. The van der Waals surface area contributed by atoms with E-state index < -0.39 is 35.5 Å². The van der Waals surface area contributed by atoms with Gasteiger partial charge in [-0.3, -0.25) is 4.79 Å². The van der Waals surface area contributed by atoms with Crippen LogP contribution in [0.15, 0.2) is 24.3 Å². The van der Waals surface area contributed by atoms with Gasteiger partial charge in [-0.2, -0.15) is 13.2 Å². The van der Waals surface area contributed by atoms with Gasteiger partial charge in [0, 0.05) is 6.42 Å². The molecule has 0 aliphatic rings. The quantitative estimate of drug-likeness (QED) is 0.862. The molecule has 20 heavy (non-hydrogen) atoms. The molecule has 0 radical (unpaired) electrons. The van der Waals surface area contributed by atoms with Crippen molar-refractivity contribution in [2.75, 3.05) is 7.11 Å². The maximum Gasteiger partial charge on any atom is 0.416 e. The molecule has 0 aliphatic carbocycles. The Bertz CT molecular complexity index is 507. The van der Waals surface area contributed by atoms with E-state index in [0.717, 1.165) is 38.3 Å². The lowest BCUT2D eigenvalue weighted by Gasteiger charge is -2.24. The van der Waals surface area contributed by atoms with E-state index in [1.807, 2.05) is 0 Å². The van der Waals surface area contributed by atoms with Gasteiger partial charge in [-0.05, 0) is 24.6 Å². The molecule has 1 aromatic rings. The highest BCUT2D eigenvalue weighted by atomic mass is 19.4. The van der Waals surface area contributed by atoms with Crippen LogP contribution in [0.5, 0.6) is 0 Å². The predicted molar refractivity (Wildman–Crippen MR) is 62.7 cm³/mol. The number of hydrogen-bond donors (Lipinski definition) is 1. The molecule has 1 N–H and O–H groups in total. The molecule has 1 aromatic carbocycles. The Morgan fingerprint density at radius 1 is 1.15 bits per heavy atom. The van der Waals surface area contributed by atoms with Crippen LogP contribution < -0.4 is 0 Å². The van der Waals surface area contributed by atoms with E-state index in [1.165, 1.54) is 0 Å². The number of Topliss-reactive ketones (excluding diaryl/α,β-unsaturated/α-hetero) is 1. The maximum atomic E-state index is 12.4. The summed E-state index contributed by atoms with van der Waals surface area (Å²) in [6, 6.07) is 3.35. The minimum absolute atomic E-state index is 0.132. The van der Waals surface area contributed by atoms with Crippen LogP contribution in [0.4, 0.5) is 13.2 Å². The number of ketones is 1. The Kier molecular flexibility index (Phi) is 4.54. The van der Waals surface area contributed by atoms with Gasteiger partial charge in [0.25, 0.3) is 0 Å². The van der Waals surface area contributed by atoms with Gasteiger partial charge in [-0.25, -0.2) is 4.79 Å². The molecule has 1 rings (SSSR count). The van der Waals surface area contributed by atoms with Crippen molar-refractivity contribution >= 4 is 11.8 Å². The van der Waals surface area contributed by atoms with Crippen molar-refractivity contribution in [3.63, 3.8) is 0 Å². The summed E-state index contributed by atoms with van der Waals surface area (Å²) in [4.78, 5) is 22.7. The SMILES string of the molecule is COC(=O)[C@@](O)(CC(C)=O)c1ccc(C(F)(F)F)cc1. The average molecular weight is 290 g/mol. The van der Waals surface area contributed by atoms with Gasteiger partial charge in [0.2, 0.25) is 0 Å². The molecule has 0 unspecified atom stereocenters. The van der Waals surface area contributed by atoms with Gasteiger partial charge in [-0.15, -0.1) is 0 Å². The molecular formula is C13H13F3O4. The highest BCUT2D eigenvalue weighted by molar-refractivity contribution is 5.88. The fourth-order valence-electron chi connectivity index (χ4n) is 1.76. The lowest BCUT2D eigenvalue weighted by atomic mass is 9.88. The molecule has 110 valence electrons. The molecule has 7 heteroatoms. The smallest absolute Gasteiger partial charge is 0.416 e. The summed E-state index contributed by atoms with van der Waals surface area (Å²) in [5.74, 6) is -1.61. The molecule has 0 heterocycles. The molecule has 0 fully saturated rings. The van der Waals surface area contributed by atoms with E-state index in [2.05, 4.69) is 4.74 Å². The molecule has 0 spiro atoms. The number of esters is 1. The number of ether oxygens (including phenoxy) is 1. The minimum atomic E-state index is -4.53. The predicted octanol–water partition coefficient (Wildman–Crippen LogP) is 2.05. The summed E-state index contributed by atoms with van der Waals surface area (Å²) in [6.45, 7) is 1.15. The average Bonchev–Trinajstić information content (AvgIpc) is 2.36. The lowest BCUT2D eigenvalue weighted by molar-refractivity contribution is -0.166. The lowest BCUT2D eigenvalue weighted by Crippen LogP contribution is -2.38. The van der Waals surface area contributed by atoms with Gasteiger partial charge >= 0.3 is 12.1 Å². The second-order valence-corrected chi connectivity index (χ2v) is 4.31. The number of rotatable bonds is 4. The Labute approximate surface area is 113 Å². The standard InChI is InChI=1S/C13H13F3O4/c1-8(17)7-12(19,11(18)20-2)9-3-5-10(6-4-9)13(14,15)16/h3-6,19H,7H2,1-2H3/t12-/m1/s1. The van der Waals surface area contributed by atoms with Crippen molar-refractivity contribution in [1.82, 2.24) is 0 Å². The number of halogens is 3. The maximum absolute atomic E-state index is 12.4. The van der Waals surface area contributed by atoms with Crippen molar-refractivity contribution in [3.8, 4) is 0 Å². The highest BCUT2D eigenvalue weighted by Gasteiger charge is 2.41. The highest BCUT2D eigenvalue weighted by Crippen LogP contribution is 2.32. The first-order valence-corrected chi connectivity index (χ1v) is 5.59. The zero-order chi connectivity index (χ0) is 15.6. The van der Waals surface area contributed by atoms with E-state index >= 15 is 0 Å². The summed E-state index contributed by atoms with van der Waals surface area (Å²) in [5.41, 5.74) is -3.34. The molecule has 1 atom stereocenters. The fourth-order valence-corrected chi connectivity index (χ4v) is 1.76. The molecule has 0 saturated carbocycles. The number of hydrogen-bond acceptors (Lipinski definition) is 4. The number of alkyl halides is 3. The zero-order valence-corrected chi connectivity index (χ0v) is 10.8. The normalized spacial score (nSPS) is 14.5. The monoisotopic (exact) mass is 290 g/mol. The first-order chi connectivity index (χ1) is 9.11. The summed E-state index contributed by atoms with van der Waals surface area (Å²) < 4.78 is 41.7. The third-order valence-electron chi connectivity index (χ3n) is 2.72. The molecule has 0 aliphatic heterocycles. The Hall–Kier alpha value is -1.89. The minimum Gasteiger partial charge on any atom is -0.467 e. The van der Waals surface area contributed by atoms with E-state index in [1.54, 1.807) is 0 Å². The molecule has 0 bridgehead atoms. The first-order valence-electron chi connectivity index (χ1n) is 5.59. The van der Waals surface area contributed by atoms with Crippen LogP contribution in [0.2, 0.25) is 0 Å². The molecular weight excluding hydrogens is 277 g/mol. The van der Waals surface area contributed by atoms with Crippen molar-refractivity contribution in [1.29, 1.82) is 0 Å². The summed E-state index contributed by atoms with van der Waals surface area (Å²) >= 11 is 0. The third kappa shape index (κ3) is 3.36. The summed E-state index contributed by atoms with van der Waals surface area (Å²) in [5, 5.41) is 10.2. The van der Waals surface area contributed by atoms with Gasteiger partial charge in [-0.1, -0.05) is 12.1 Å². The van der Waals surface area contributed by atoms with Crippen LogP contribution in [0, 0.1) is 0 Å². The van der Waals surface area contributed by atoms with Crippen LogP contribution in [-0.2, 0) is 26.1 Å². The van der Waals surface area contributed by atoms with Crippen molar-refractivity contribution in [3.05, 3.63) is 35.4 Å². The van der Waals surface area contributed by atoms with Crippen molar-refractivity contribution in [2.24, 2.45) is 0 Å². The second kappa shape index (κ2) is 5.62. The van der Waals surface area contributed by atoms with Gasteiger partial charge in [0.15, 0.2) is 5.60 Å². The molecule has 0 aromatic heterocycles. The first kappa shape index (κ1) is 16.2. The number of benzene rings is 1. The number of carbonyl (C=O) groups is 2. The van der Waals surface area contributed by atoms with E-state index in [-0.39, 0.29) is 5.56 Å². The molecule has 0 amide bonds. The van der Waals surface area contributed by atoms with E-state index in [4.69, 9.17) is 0 Å². The van der Waals surface area contributed by atoms with Crippen LogP contribution in [0.25, 0.3) is 0 Å². The number of aliphatic hydroxyl groups is 1. The van der Waals surface area contributed by atoms with Gasteiger partial charge < -0.3 is 9.84 Å². The second-order valence-electron chi connectivity index (χ2n) is 4.31. The van der Waals surface area contributed by atoms with Crippen LogP contribution >= 0.6 is 0 Å². The largest absolute Gasteiger partial charge is 0.467 e. The summed E-state index contributed by atoms with van der Waals surface area (Å²) in [7, 11) is 1.01. The van der Waals surface area contributed by atoms with Crippen molar-refractivity contribution < 1.29 is 32.6 Å². The van der Waals surface area contributed by atoms with Crippen LogP contribution in [-0.4, -0.2) is 24.0 Å². The van der Waals surface area contributed by atoms with E-state index in [9.17, 15) is 27.9 Å². The summed E-state index contributed by atoms with van der Waals surface area (Å²) in [6.07, 6.45) is -5.10. The van der Waals surface area contributed by atoms with Crippen LogP contribution in [0.3, 0.4) is 0 Å². The van der Waals surface area contributed by atoms with Gasteiger partial charge in [0.1, 0.15) is 5.78 Å². The Morgan fingerprint density at radius 2 is 1.60 bits per heavy atom. The van der Waals surface area contributed by atoms with E-state index in [0.29, 0.717) is 0 Å². The number of carbonyl (C=O) groups excluding carboxylic acids is 2. The Balaban J connectivity index is 3.22. The molecule has 0 saturated heterocycles.